The lowest BCUT2D eigenvalue weighted by atomic mass is 10.4. The van der Waals surface area contributed by atoms with Crippen LogP contribution in [0.25, 0.3) is 0 Å². The fraction of sp³-hybridized carbons (Fsp3) is 0.900. The molecule has 1 amide bonds. The summed E-state index contributed by atoms with van der Waals surface area (Å²) < 4.78 is 15.7. The minimum atomic E-state index is -1.51. The van der Waals surface area contributed by atoms with Crippen molar-refractivity contribution in [3.8, 4) is 0 Å². The highest BCUT2D eigenvalue weighted by molar-refractivity contribution is 6.44. The fourth-order valence-corrected chi connectivity index (χ4v) is 3.02. The molecule has 0 aliphatic carbocycles. The van der Waals surface area contributed by atoms with E-state index in [1.165, 1.54) is 7.11 Å². The molecule has 16 heavy (non-hydrogen) atoms. The van der Waals surface area contributed by atoms with Crippen LogP contribution in [0.5, 0.6) is 0 Å². The van der Waals surface area contributed by atoms with Gasteiger partial charge in [0, 0.05) is 26.8 Å². The highest BCUT2D eigenvalue weighted by Crippen LogP contribution is 2.03. The topological polar surface area (TPSA) is 48.0 Å². The lowest BCUT2D eigenvalue weighted by Gasteiger charge is -2.18. The Balaban J connectivity index is 3.71. The number of ether oxygens (including phenoxy) is 1. The maximum Gasteiger partial charge on any atom is 0.409 e. The molecule has 0 rings (SSSR count). The Morgan fingerprint density at radius 2 is 1.81 bits per heavy atom. The van der Waals surface area contributed by atoms with Gasteiger partial charge >= 0.3 is 15.4 Å². The van der Waals surface area contributed by atoms with Gasteiger partial charge in [0.15, 0.2) is 0 Å². The van der Waals surface area contributed by atoms with Crippen LogP contribution in [0.3, 0.4) is 0 Å². The molecule has 0 fully saturated rings. The van der Waals surface area contributed by atoms with Crippen LogP contribution in [-0.4, -0.2) is 54.2 Å². The van der Waals surface area contributed by atoms with Gasteiger partial charge in [-0.15, -0.1) is 0 Å². The van der Waals surface area contributed by atoms with Gasteiger partial charge < -0.3 is 18.5 Å². The van der Waals surface area contributed by atoms with Gasteiger partial charge in [-0.2, -0.15) is 0 Å². The van der Waals surface area contributed by atoms with Crippen molar-refractivity contribution < 1.29 is 18.4 Å². The van der Waals surface area contributed by atoms with Crippen LogP contribution in [0.2, 0.25) is 6.04 Å². The Morgan fingerprint density at radius 3 is 2.25 bits per heavy atom. The summed E-state index contributed by atoms with van der Waals surface area (Å²) in [6.07, 6.45) is 0.591. The molecule has 0 aromatic heterocycles. The first-order chi connectivity index (χ1) is 7.65. The van der Waals surface area contributed by atoms with Crippen molar-refractivity contribution in [1.82, 2.24) is 4.90 Å². The Hall–Kier alpha value is -0.593. The van der Waals surface area contributed by atoms with E-state index in [1.807, 2.05) is 13.8 Å². The molecule has 0 saturated carbocycles. The summed E-state index contributed by atoms with van der Waals surface area (Å²) in [5.41, 5.74) is 0. The number of methoxy groups -OCH3 is 1. The third-order valence-electron chi connectivity index (χ3n) is 2.12. The van der Waals surface area contributed by atoms with Gasteiger partial charge in [0.25, 0.3) is 0 Å². The molecule has 6 heteroatoms. The van der Waals surface area contributed by atoms with Crippen LogP contribution in [0.1, 0.15) is 20.3 Å². The molecule has 0 aromatic rings. The molecule has 0 bridgehead atoms. The Kier molecular flexibility index (Phi) is 9.26. The third kappa shape index (κ3) is 6.81. The second-order valence-electron chi connectivity index (χ2n) is 3.37. The first-order valence-electron chi connectivity index (χ1n) is 5.67. The van der Waals surface area contributed by atoms with E-state index in [0.29, 0.717) is 19.8 Å². The third-order valence-corrected chi connectivity index (χ3v) is 4.41. The summed E-state index contributed by atoms with van der Waals surface area (Å²) >= 11 is 0. The zero-order valence-corrected chi connectivity index (χ0v) is 11.8. The molecule has 0 atom stereocenters. The van der Waals surface area contributed by atoms with E-state index >= 15 is 0 Å². The molecule has 0 unspecified atom stereocenters. The second kappa shape index (κ2) is 9.62. The first kappa shape index (κ1) is 15.4. The van der Waals surface area contributed by atoms with Gasteiger partial charge in [0.05, 0.1) is 7.11 Å². The highest BCUT2D eigenvalue weighted by atomic mass is 28.3. The van der Waals surface area contributed by atoms with Crippen LogP contribution in [0, 0.1) is 0 Å². The molecule has 0 saturated heterocycles. The van der Waals surface area contributed by atoms with Crippen molar-refractivity contribution in [3.05, 3.63) is 0 Å². The summed E-state index contributed by atoms with van der Waals surface area (Å²) in [6.45, 7) is 6.02. The van der Waals surface area contributed by atoms with Crippen molar-refractivity contribution >= 4 is 15.4 Å². The normalized spacial score (nSPS) is 10.6. The molecule has 0 aliphatic heterocycles. The van der Waals surface area contributed by atoms with Gasteiger partial charge in [0.1, 0.15) is 0 Å². The van der Waals surface area contributed by atoms with Crippen molar-refractivity contribution in [3.63, 3.8) is 0 Å². The van der Waals surface area contributed by atoms with Gasteiger partial charge in [-0.3, -0.25) is 0 Å². The van der Waals surface area contributed by atoms with E-state index < -0.39 is 9.28 Å². The number of rotatable bonds is 8. The maximum absolute atomic E-state index is 11.1. The molecular formula is C10H23NO4Si. The quantitative estimate of drug-likeness (QED) is 0.610. The fourth-order valence-electron chi connectivity index (χ4n) is 1.33. The van der Waals surface area contributed by atoms with Gasteiger partial charge in [-0.05, 0) is 26.3 Å². The van der Waals surface area contributed by atoms with E-state index in [9.17, 15) is 4.79 Å². The van der Waals surface area contributed by atoms with E-state index in [2.05, 4.69) is 4.74 Å². The molecular weight excluding hydrogens is 226 g/mol. The molecule has 5 nitrogen and oxygen atoms in total. The van der Waals surface area contributed by atoms with Crippen LogP contribution in [-0.2, 0) is 13.6 Å². The number of carbonyl (C=O) groups excluding carboxylic acids is 1. The summed E-state index contributed by atoms with van der Waals surface area (Å²) in [7, 11) is 1.60. The van der Waals surface area contributed by atoms with Crippen LogP contribution in [0.15, 0.2) is 0 Å². The van der Waals surface area contributed by atoms with Crippen molar-refractivity contribution in [2.45, 2.75) is 26.3 Å². The lowest BCUT2D eigenvalue weighted by molar-refractivity contribution is 0.133. The van der Waals surface area contributed by atoms with E-state index in [-0.39, 0.29) is 6.09 Å². The molecule has 0 aromatic carbocycles. The van der Waals surface area contributed by atoms with Crippen molar-refractivity contribution in [2.24, 2.45) is 0 Å². The van der Waals surface area contributed by atoms with Gasteiger partial charge in [-0.25, -0.2) is 4.79 Å². The monoisotopic (exact) mass is 249 g/mol. The Morgan fingerprint density at radius 1 is 1.25 bits per heavy atom. The van der Waals surface area contributed by atoms with E-state index in [4.69, 9.17) is 8.85 Å². The predicted molar refractivity (Wildman–Crippen MR) is 64.9 cm³/mol. The Bertz CT molecular complexity index is 186. The lowest BCUT2D eigenvalue weighted by Crippen LogP contribution is -2.29. The molecule has 0 aliphatic rings. The average molecular weight is 249 g/mol. The zero-order valence-electron chi connectivity index (χ0n) is 10.7. The van der Waals surface area contributed by atoms with Gasteiger partial charge in [-0.1, -0.05) is 0 Å². The molecule has 0 N–H and O–H groups in total. The number of hydrogen-bond acceptors (Lipinski definition) is 4. The second-order valence-corrected chi connectivity index (χ2v) is 5.48. The van der Waals surface area contributed by atoms with Crippen molar-refractivity contribution in [2.75, 3.05) is 33.9 Å². The average Bonchev–Trinajstić information content (AvgIpc) is 2.28. The van der Waals surface area contributed by atoms with Crippen molar-refractivity contribution in [1.29, 1.82) is 0 Å². The van der Waals surface area contributed by atoms with Crippen LogP contribution < -0.4 is 0 Å². The predicted octanol–water partition coefficient (Wildman–Crippen LogP) is 1.37. The molecule has 0 spiro atoms. The minimum absolute atomic E-state index is 0.300. The smallest absolute Gasteiger partial charge is 0.409 e. The van der Waals surface area contributed by atoms with Crippen LogP contribution in [0.4, 0.5) is 4.79 Å². The highest BCUT2D eigenvalue weighted by Gasteiger charge is 2.13. The zero-order chi connectivity index (χ0) is 12.4. The summed E-state index contributed by atoms with van der Waals surface area (Å²) in [5, 5.41) is 0. The van der Waals surface area contributed by atoms with Crippen LogP contribution >= 0.6 is 0 Å². The summed E-state index contributed by atoms with van der Waals surface area (Å²) in [6, 6.07) is 0.920. The number of hydrogen-bond donors (Lipinski definition) is 0. The Labute approximate surface area is 99.5 Å². The van der Waals surface area contributed by atoms with E-state index in [0.717, 1.165) is 12.5 Å². The molecule has 96 valence electrons. The number of amides is 1. The molecule has 0 radical (unpaired) electrons. The van der Waals surface area contributed by atoms with E-state index in [1.54, 1.807) is 11.9 Å². The summed E-state index contributed by atoms with van der Waals surface area (Å²) in [4.78, 5) is 12.7. The standard InChI is InChI=1S/C10H23NO4Si/c1-5-14-16(15-6-2)9-7-8-11(3)10(12)13-4/h16H,5-9H2,1-4H3. The summed E-state index contributed by atoms with van der Waals surface area (Å²) in [5.74, 6) is 0. The maximum atomic E-state index is 11.1. The SMILES string of the molecule is CCO[SiH](CCCN(C)C(=O)OC)OCC. The largest absolute Gasteiger partial charge is 0.453 e. The first-order valence-corrected chi connectivity index (χ1v) is 7.43. The van der Waals surface area contributed by atoms with Gasteiger partial charge in [0.2, 0.25) is 0 Å². The minimum Gasteiger partial charge on any atom is -0.453 e. The number of carbonyl (C=O) groups is 1. The molecule has 0 heterocycles. The number of nitrogens with zero attached hydrogens (tertiary/aromatic N) is 1.